The molecule has 2 aliphatic heterocycles. The van der Waals surface area contributed by atoms with Crippen LogP contribution in [0.1, 0.15) is 68.6 Å². The second-order valence-corrected chi connectivity index (χ2v) is 10.8. The van der Waals surface area contributed by atoms with Gasteiger partial charge < -0.3 is 10.2 Å². The van der Waals surface area contributed by atoms with E-state index in [0.29, 0.717) is 29.4 Å². The predicted molar refractivity (Wildman–Crippen MR) is 113 cm³/mol. The van der Waals surface area contributed by atoms with E-state index in [2.05, 4.69) is 16.6 Å². The highest BCUT2D eigenvalue weighted by atomic mass is 32.2. The van der Waals surface area contributed by atoms with E-state index < -0.39 is 10.0 Å². The van der Waals surface area contributed by atoms with E-state index in [1.54, 1.807) is 12.1 Å². The number of amidine groups is 1. The summed E-state index contributed by atoms with van der Waals surface area (Å²) in [5, 5.41) is 3.14. The van der Waals surface area contributed by atoms with Gasteiger partial charge in [0.15, 0.2) is 0 Å². The van der Waals surface area contributed by atoms with Gasteiger partial charge in [0.25, 0.3) is 15.9 Å². The number of fused-ring (bicyclic) bond motifs is 5. The van der Waals surface area contributed by atoms with E-state index in [0.717, 1.165) is 37.6 Å². The molecule has 0 unspecified atom stereocenters. The fourth-order valence-electron chi connectivity index (χ4n) is 5.92. The van der Waals surface area contributed by atoms with Crippen LogP contribution in [0.2, 0.25) is 0 Å². The molecule has 29 heavy (non-hydrogen) atoms. The van der Waals surface area contributed by atoms with Crippen molar-refractivity contribution in [2.45, 2.75) is 69.2 Å². The highest BCUT2D eigenvalue weighted by Crippen LogP contribution is 2.49. The molecule has 1 N–H and O–H groups in total. The van der Waals surface area contributed by atoms with Crippen LogP contribution in [0.5, 0.6) is 0 Å². The van der Waals surface area contributed by atoms with Crippen molar-refractivity contribution in [2.24, 2.45) is 22.2 Å². The molecule has 2 saturated carbocycles. The third-order valence-electron chi connectivity index (χ3n) is 7.40. The summed E-state index contributed by atoms with van der Waals surface area (Å²) in [5.74, 6) is 2.55. The third kappa shape index (κ3) is 3.37. The van der Waals surface area contributed by atoms with Crippen molar-refractivity contribution in [2.75, 3.05) is 11.4 Å². The summed E-state index contributed by atoms with van der Waals surface area (Å²) in [4.78, 5) is 15.1. The summed E-state index contributed by atoms with van der Waals surface area (Å²) in [5.41, 5.74) is 1.06. The van der Waals surface area contributed by atoms with Gasteiger partial charge >= 0.3 is 0 Å². The molecule has 2 bridgehead atoms. The van der Waals surface area contributed by atoms with Gasteiger partial charge in [-0.25, -0.2) is 0 Å². The van der Waals surface area contributed by atoms with Gasteiger partial charge in [0.2, 0.25) is 0 Å². The molecule has 1 amide bonds. The van der Waals surface area contributed by atoms with E-state index in [4.69, 9.17) is 0 Å². The molecule has 7 heteroatoms. The zero-order valence-electron chi connectivity index (χ0n) is 16.9. The van der Waals surface area contributed by atoms with Gasteiger partial charge in [-0.3, -0.25) is 4.79 Å². The van der Waals surface area contributed by atoms with Crippen molar-refractivity contribution >= 4 is 27.5 Å². The molecule has 4 aliphatic rings. The Kier molecular flexibility index (Phi) is 4.68. The number of carbonyl (C=O) groups excluding carboxylic acids is 1. The third-order valence-corrected chi connectivity index (χ3v) is 8.74. The van der Waals surface area contributed by atoms with Crippen LogP contribution in [0, 0.1) is 17.8 Å². The first-order valence-electron chi connectivity index (χ1n) is 11.0. The standard InChI is InChI=1S/C22H29N3O3S/c1-14(18-12-15-6-7-16(18)11-15)23-22(26)17-8-9-19-20(13-17)29(27,28)24-21-5-3-2-4-10-25(19)21/h8-9,13-16,18H,2-7,10-12H2,1H3,(H,23,26)/t14-,15+,16+,18-/m1/s1. The van der Waals surface area contributed by atoms with Crippen molar-refractivity contribution in [3.8, 4) is 0 Å². The van der Waals surface area contributed by atoms with Crippen molar-refractivity contribution in [3.05, 3.63) is 23.8 Å². The second-order valence-electron chi connectivity index (χ2n) is 9.23. The first-order valence-corrected chi connectivity index (χ1v) is 12.4. The zero-order valence-corrected chi connectivity index (χ0v) is 17.7. The average molecular weight is 416 g/mol. The molecule has 2 aliphatic carbocycles. The van der Waals surface area contributed by atoms with Gasteiger partial charge in [0.1, 0.15) is 10.7 Å². The van der Waals surface area contributed by atoms with Crippen molar-refractivity contribution < 1.29 is 13.2 Å². The first kappa shape index (κ1) is 19.1. The van der Waals surface area contributed by atoms with Gasteiger partial charge in [-0.05, 0) is 75.0 Å². The average Bonchev–Trinajstić information content (AvgIpc) is 3.25. The summed E-state index contributed by atoms with van der Waals surface area (Å²) < 4.78 is 29.6. The fraction of sp³-hybridized carbons (Fsp3) is 0.636. The van der Waals surface area contributed by atoms with Crippen LogP contribution < -0.4 is 10.2 Å². The molecule has 4 atom stereocenters. The molecule has 3 fully saturated rings. The molecule has 1 aromatic carbocycles. The van der Waals surface area contributed by atoms with Crippen LogP contribution in [-0.2, 0) is 10.0 Å². The molecule has 5 rings (SSSR count). The maximum atomic E-state index is 12.9. The highest BCUT2D eigenvalue weighted by Gasteiger charge is 2.42. The van der Waals surface area contributed by atoms with Gasteiger partial charge in [-0.2, -0.15) is 8.42 Å². The Morgan fingerprint density at radius 3 is 2.83 bits per heavy atom. The van der Waals surface area contributed by atoms with Crippen molar-refractivity contribution in [3.63, 3.8) is 0 Å². The molecule has 1 saturated heterocycles. The van der Waals surface area contributed by atoms with E-state index >= 15 is 0 Å². The number of carbonyl (C=O) groups is 1. The maximum Gasteiger partial charge on any atom is 0.286 e. The van der Waals surface area contributed by atoms with Crippen LogP contribution in [0.15, 0.2) is 27.5 Å². The van der Waals surface area contributed by atoms with Crippen LogP contribution in [-0.4, -0.2) is 32.7 Å². The lowest BCUT2D eigenvalue weighted by Crippen LogP contribution is -2.40. The normalized spacial score (nSPS) is 30.7. The number of hydrogen-bond acceptors (Lipinski definition) is 4. The summed E-state index contributed by atoms with van der Waals surface area (Å²) >= 11 is 0. The van der Waals surface area contributed by atoms with E-state index in [-0.39, 0.29) is 16.8 Å². The Morgan fingerprint density at radius 1 is 1.21 bits per heavy atom. The van der Waals surface area contributed by atoms with Gasteiger partial charge in [-0.1, -0.05) is 12.8 Å². The lowest BCUT2D eigenvalue weighted by atomic mass is 9.84. The van der Waals surface area contributed by atoms with Gasteiger partial charge in [0, 0.05) is 24.6 Å². The maximum absolute atomic E-state index is 12.9. The minimum Gasteiger partial charge on any atom is -0.349 e. The van der Waals surface area contributed by atoms with E-state index in [1.165, 1.54) is 31.7 Å². The number of amides is 1. The zero-order chi connectivity index (χ0) is 20.2. The Balaban J connectivity index is 1.39. The minimum absolute atomic E-state index is 0.112. The Morgan fingerprint density at radius 2 is 2.07 bits per heavy atom. The number of nitrogens with one attached hydrogen (secondary N) is 1. The SMILES string of the molecule is C[C@@H](NC(=O)c1ccc2c(c1)S(=O)(=O)N=C1CCCCCN12)[C@H]1C[C@H]2CC[C@H]1C2. The second kappa shape index (κ2) is 7.11. The molecule has 0 spiro atoms. The quantitative estimate of drug-likeness (QED) is 0.816. The Labute approximate surface area is 172 Å². The summed E-state index contributed by atoms with van der Waals surface area (Å²) in [6.45, 7) is 2.86. The van der Waals surface area contributed by atoms with Gasteiger partial charge in [-0.15, -0.1) is 4.40 Å². The van der Waals surface area contributed by atoms with Crippen LogP contribution in [0.25, 0.3) is 0 Å². The molecular weight excluding hydrogens is 386 g/mol. The number of anilines is 1. The highest BCUT2D eigenvalue weighted by molar-refractivity contribution is 7.90. The van der Waals surface area contributed by atoms with Crippen molar-refractivity contribution in [1.29, 1.82) is 0 Å². The molecule has 0 radical (unpaired) electrons. The lowest BCUT2D eigenvalue weighted by molar-refractivity contribution is 0.0915. The molecule has 6 nitrogen and oxygen atoms in total. The number of benzene rings is 1. The molecule has 1 aromatic rings. The summed E-state index contributed by atoms with van der Waals surface area (Å²) in [6.07, 6.45) is 8.86. The largest absolute Gasteiger partial charge is 0.349 e. The number of nitrogens with zero attached hydrogens (tertiary/aromatic N) is 2. The molecule has 2 heterocycles. The van der Waals surface area contributed by atoms with Gasteiger partial charge in [0.05, 0.1) is 5.69 Å². The predicted octanol–water partition coefficient (Wildman–Crippen LogP) is 3.72. The lowest BCUT2D eigenvalue weighted by Gasteiger charge is -2.30. The van der Waals surface area contributed by atoms with Crippen molar-refractivity contribution in [1.82, 2.24) is 5.32 Å². The first-order chi connectivity index (χ1) is 13.9. The minimum atomic E-state index is -3.77. The molecule has 156 valence electrons. The van der Waals surface area contributed by atoms with Crippen LogP contribution in [0.4, 0.5) is 5.69 Å². The van der Waals surface area contributed by atoms with E-state index in [1.807, 2.05) is 4.90 Å². The van der Waals surface area contributed by atoms with E-state index in [9.17, 15) is 13.2 Å². The smallest absolute Gasteiger partial charge is 0.286 e. The van der Waals surface area contributed by atoms with Crippen LogP contribution in [0.3, 0.4) is 0 Å². The fourth-order valence-corrected chi connectivity index (χ4v) is 7.21. The molecule has 0 aromatic heterocycles. The Hall–Kier alpha value is -1.89. The summed E-state index contributed by atoms with van der Waals surface area (Å²) in [6, 6.07) is 5.16. The number of sulfonamides is 1. The Bertz CT molecular complexity index is 972. The number of hydrogen-bond donors (Lipinski definition) is 1. The monoisotopic (exact) mass is 415 g/mol. The topological polar surface area (TPSA) is 78.8 Å². The molecular formula is C22H29N3O3S. The van der Waals surface area contributed by atoms with Crippen LogP contribution >= 0.6 is 0 Å². The summed E-state index contributed by atoms with van der Waals surface area (Å²) in [7, 11) is -3.77. The number of rotatable bonds is 3.